The van der Waals surface area contributed by atoms with E-state index in [1.165, 1.54) is 4.88 Å². The summed E-state index contributed by atoms with van der Waals surface area (Å²) in [6, 6.07) is 4.14. The Balaban J connectivity index is 2.17. The predicted molar refractivity (Wildman–Crippen MR) is 72.2 cm³/mol. The molecular formula is C12H16N4S. The van der Waals surface area contributed by atoms with Gasteiger partial charge in [0.15, 0.2) is 0 Å². The van der Waals surface area contributed by atoms with Gasteiger partial charge in [-0.05, 0) is 18.4 Å². The van der Waals surface area contributed by atoms with E-state index in [-0.39, 0.29) is 0 Å². The average Bonchev–Trinajstić information content (AvgIpc) is 2.84. The molecule has 0 aromatic carbocycles. The zero-order valence-corrected chi connectivity index (χ0v) is 10.8. The number of aromatic nitrogens is 2. The fourth-order valence-corrected chi connectivity index (χ4v) is 2.14. The third-order valence-electron chi connectivity index (χ3n) is 2.56. The second kappa shape index (κ2) is 5.14. The molecule has 0 radical (unpaired) electrons. The maximum absolute atomic E-state index is 5.86. The quantitative estimate of drug-likeness (QED) is 0.873. The molecule has 2 aromatic rings. The van der Waals surface area contributed by atoms with Crippen molar-refractivity contribution >= 4 is 23.0 Å². The first-order valence-electron chi connectivity index (χ1n) is 5.60. The van der Waals surface area contributed by atoms with Gasteiger partial charge < -0.3 is 11.1 Å². The normalized spacial score (nSPS) is 10.5. The largest absolute Gasteiger partial charge is 0.383 e. The molecule has 90 valence electrons. The maximum Gasteiger partial charge on any atom is 0.135 e. The van der Waals surface area contributed by atoms with Crippen molar-refractivity contribution in [3.05, 3.63) is 33.8 Å². The molecule has 2 rings (SSSR count). The second-order valence-electron chi connectivity index (χ2n) is 3.79. The molecule has 0 amide bonds. The number of hydrogen-bond acceptors (Lipinski definition) is 5. The molecule has 2 heterocycles. The first kappa shape index (κ1) is 11.9. The SMILES string of the molecule is CCc1nc(N)c(C)c(NCc2cccs2)n1. The highest BCUT2D eigenvalue weighted by Crippen LogP contribution is 2.19. The fourth-order valence-electron chi connectivity index (χ4n) is 1.50. The number of nitrogens with zero attached hydrogens (tertiary/aromatic N) is 2. The summed E-state index contributed by atoms with van der Waals surface area (Å²) < 4.78 is 0. The third kappa shape index (κ3) is 2.74. The number of thiophene rings is 1. The van der Waals surface area contributed by atoms with E-state index in [4.69, 9.17) is 5.73 Å². The molecule has 2 aromatic heterocycles. The highest BCUT2D eigenvalue weighted by atomic mass is 32.1. The summed E-state index contributed by atoms with van der Waals surface area (Å²) in [6.45, 7) is 4.73. The molecule has 0 aliphatic carbocycles. The van der Waals surface area contributed by atoms with Crippen molar-refractivity contribution in [3.63, 3.8) is 0 Å². The molecule has 0 unspecified atom stereocenters. The van der Waals surface area contributed by atoms with Crippen molar-refractivity contribution in [1.82, 2.24) is 9.97 Å². The Morgan fingerprint density at radius 1 is 1.41 bits per heavy atom. The molecule has 0 aliphatic rings. The monoisotopic (exact) mass is 248 g/mol. The summed E-state index contributed by atoms with van der Waals surface area (Å²) in [4.78, 5) is 9.96. The van der Waals surface area contributed by atoms with Gasteiger partial charge in [-0.25, -0.2) is 9.97 Å². The van der Waals surface area contributed by atoms with Crippen molar-refractivity contribution in [3.8, 4) is 0 Å². The Hall–Kier alpha value is -1.62. The van der Waals surface area contributed by atoms with Gasteiger partial charge in [-0.1, -0.05) is 13.0 Å². The predicted octanol–water partition coefficient (Wildman–Crippen LogP) is 2.60. The van der Waals surface area contributed by atoms with Crippen molar-refractivity contribution in [1.29, 1.82) is 0 Å². The summed E-state index contributed by atoms with van der Waals surface area (Å²) in [5.74, 6) is 2.18. The van der Waals surface area contributed by atoms with E-state index >= 15 is 0 Å². The lowest BCUT2D eigenvalue weighted by Crippen LogP contribution is -2.08. The van der Waals surface area contributed by atoms with Crippen LogP contribution in [-0.4, -0.2) is 9.97 Å². The van der Waals surface area contributed by atoms with Crippen molar-refractivity contribution in [2.75, 3.05) is 11.1 Å². The van der Waals surface area contributed by atoms with Gasteiger partial charge in [0.05, 0.1) is 6.54 Å². The van der Waals surface area contributed by atoms with Crippen molar-refractivity contribution in [2.45, 2.75) is 26.8 Å². The first-order valence-corrected chi connectivity index (χ1v) is 6.48. The minimum atomic E-state index is 0.561. The van der Waals surface area contributed by atoms with Crippen molar-refractivity contribution < 1.29 is 0 Å². The maximum atomic E-state index is 5.86. The molecule has 3 N–H and O–H groups in total. The van der Waals surface area contributed by atoms with Gasteiger partial charge in [0.2, 0.25) is 0 Å². The molecular weight excluding hydrogens is 232 g/mol. The van der Waals surface area contributed by atoms with Gasteiger partial charge in [-0.15, -0.1) is 11.3 Å². The number of anilines is 2. The van der Waals surface area contributed by atoms with Crippen LogP contribution in [0.15, 0.2) is 17.5 Å². The lowest BCUT2D eigenvalue weighted by molar-refractivity contribution is 0.930. The van der Waals surface area contributed by atoms with Crippen LogP contribution in [0.25, 0.3) is 0 Å². The van der Waals surface area contributed by atoms with Crippen LogP contribution in [0.2, 0.25) is 0 Å². The van der Waals surface area contributed by atoms with Gasteiger partial charge in [0.25, 0.3) is 0 Å². The zero-order valence-electron chi connectivity index (χ0n) is 10.0. The number of hydrogen-bond donors (Lipinski definition) is 2. The van der Waals surface area contributed by atoms with Crippen LogP contribution in [0.3, 0.4) is 0 Å². The summed E-state index contributed by atoms with van der Waals surface area (Å²) in [5, 5.41) is 5.38. The summed E-state index contributed by atoms with van der Waals surface area (Å²) in [5.41, 5.74) is 6.77. The molecule has 0 bridgehead atoms. The number of rotatable bonds is 4. The van der Waals surface area contributed by atoms with Gasteiger partial charge in [0, 0.05) is 16.9 Å². The molecule has 5 heteroatoms. The molecule has 0 atom stereocenters. The standard InChI is InChI=1S/C12H16N4S/c1-3-10-15-11(13)8(2)12(16-10)14-7-9-5-4-6-17-9/h4-6H,3,7H2,1-2H3,(H3,13,14,15,16). The van der Waals surface area contributed by atoms with Gasteiger partial charge in [0.1, 0.15) is 17.5 Å². The van der Waals surface area contributed by atoms with Crippen LogP contribution < -0.4 is 11.1 Å². The third-order valence-corrected chi connectivity index (χ3v) is 3.43. The van der Waals surface area contributed by atoms with E-state index in [1.807, 2.05) is 19.9 Å². The Bertz CT molecular complexity index is 493. The van der Waals surface area contributed by atoms with E-state index < -0.39 is 0 Å². The molecule has 0 saturated carbocycles. The van der Waals surface area contributed by atoms with Crippen LogP contribution in [0.1, 0.15) is 23.2 Å². The van der Waals surface area contributed by atoms with Crippen LogP contribution in [0.5, 0.6) is 0 Å². The average molecular weight is 248 g/mol. The number of aryl methyl sites for hydroxylation is 1. The number of nitrogens with two attached hydrogens (primary N) is 1. The fraction of sp³-hybridized carbons (Fsp3) is 0.333. The smallest absolute Gasteiger partial charge is 0.135 e. The van der Waals surface area contributed by atoms with Crippen LogP contribution >= 0.6 is 11.3 Å². The molecule has 0 fully saturated rings. The molecule has 0 saturated heterocycles. The highest BCUT2D eigenvalue weighted by molar-refractivity contribution is 7.09. The van der Waals surface area contributed by atoms with Gasteiger partial charge in [-0.3, -0.25) is 0 Å². The molecule has 17 heavy (non-hydrogen) atoms. The number of nitrogen functional groups attached to an aromatic ring is 1. The highest BCUT2D eigenvalue weighted by Gasteiger charge is 2.07. The summed E-state index contributed by atoms with van der Waals surface area (Å²) in [6.07, 6.45) is 0.790. The van der Waals surface area contributed by atoms with E-state index in [0.29, 0.717) is 5.82 Å². The molecule has 4 nitrogen and oxygen atoms in total. The second-order valence-corrected chi connectivity index (χ2v) is 4.82. The Morgan fingerprint density at radius 2 is 2.24 bits per heavy atom. The summed E-state index contributed by atoms with van der Waals surface area (Å²) >= 11 is 1.73. The first-order chi connectivity index (χ1) is 8.20. The van der Waals surface area contributed by atoms with Crippen LogP contribution in [-0.2, 0) is 13.0 Å². The topological polar surface area (TPSA) is 63.8 Å². The minimum Gasteiger partial charge on any atom is -0.383 e. The van der Waals surface area contributed by atoms with Gasteiger partial charge in [-0.2, -0.15) is 0 Å². The lowest BCUT2D eigenvalue weighted by Gasteiger charge is -2.10. The Labute approximate surface area is 105 Å². The lowest BCUT2D eigenvalue weighted by atomic mass is 10.3. The molecule has 0 aliphatic heterocycles. The van der Waals surface area contributed by atoms with E-state index in [2.05, 4.69) is 26.7 Å². The molecule has 0 spiro atoms. The van der Waals surface area contributed by atoms with Crippen LogP contribution in [0.4, 0.5) is 11.6 Å². The minimum absolute atomic E-state index is 0.561. The zero-order chi connectivity index (χ0) is 12.3. The summed E-state index contributed by atoms with van der Waals surface area (Å²) in [7, 11) is 0. The van der Waals surface area contributed by atoms with E-state index in [0.717, 1.165) is 30.2 Å². The Kier molecular flexibility index (Phi) is 3.58. The van der Waals surface area contributed by atoms with E-state index in [9.17, 15) is 0 Å². The number of nitrogens with one attached hydrogen (secondary N) is 1. The van der Waals surface area contributed by atoms with Crippen molar-refractivity contribution in [2.24, 2.45) is 0 Å². The van der Waals surface area contributed by atoms with Crippen LogP contribution in [0, 0.1) is 6.92 Å². The Morgan fingerprint density at radius 3 is 2.88 bits per heavy atom. The van der Waals surface area contributed by atoms with E-state index in [1.54, 1.807) is 11.3 Å². The van der Waals surface area contributed by atoms with Gasteiger partial charge >= 0.3 is 0 Å².